The molecule has 4 N–H and O–H groups in total. The van der Waals surface area contributed by atoms with Crippen LogP contribution in [0.25, 0.3) is 0 Å². The topological polar surface area (TPSA) is 97.1 Å². The maximum atomic E-state index is 12.1. The van der Waals surface area contributed by atoms with Crippen LogP contribution < -0.4 is 16.4 Å². The van der Waals surface area contributed by atoms with Gasteiger partial charge in [0, 0.05) is 23.7 Å². The second-order valence-corrected chi connectivity index (χ2v) is 5.73. The molecule has 1 atom stereocenters. The SMILES string of the molecule is CNC(=O)C(C)NC(=O)c1cc(N)nc(C(C)(C)C)c1. The Labute approximate surface area is 119 Å². The van der Waals surface area contributed by atoms with Crippen LogP contribution in [0.2, 0.25) is 0 Å². The number of hydrogen-bond donors (Lipinski definition) is 3. The lowest BCUT2D eigenvalue weighted by molar-refractivity contribution is -0.122. The minimum Gasteiger partial charge on any atom is -0.384 e. The van der Waals surface area contributed by atoms with Crippen molar-refractivity contribution in [3.63, 3.8) is 0 Å². The van der Waals surface area contributed by atoms with Gasteiger partial charge in [0.1, 0.15) is 11.9 Å². The van der Waals surface area contributed by atoms with Gasteiger partial charge < -0.3 is 16.4 Å². The van der Waals surface area contributed by atoms with Gasteiger partial charge in [0.2, 0.25) is 5.91 Å². The summed E-state index contributed by atoms with van der Waals surface area (Å²) in [7, 11) is 1.52. The fourth-order valence-electron chi connectivity index (χ4n) is 1.63. The molecule has 2 amide bonds. The number of carbonyl (C=O) groups is 2. The molecule has 6 nitrogen and oxygen atoms in total. The molecule has 1 rings (SSSR count). The lowest BCUT2D eigenvalue weighted by atomic mass is 9.90. The molecular formula is C14H22N4O2. The summed E-state index contributed by atoms with van der Waals surface area (Å²) in [5, 5.41) is 5.10. The highest BCUT2D eigenvalue weighted by Gasteiger charge is 2.20. The Hall–Kier alpha value is -2.11. The van der Waals surface area contributed by atoms with Crippen molar-refractivity contribution in [2.45, 2.75) is 39.2 Å². The van der Waals surface area contributed by atoms with Crippen LogP contribution in [0.4, 0.5) is 5.82 Å². The van der Waals surface area contributed by atoms with Gasteiger partial charge in [-0.1, -0.05) is 20.8 Å². The molecule has 0 saturated carbocycles. The van der Waals surface area contributed by atoms with Crippen LogP contribution in [-0.4, -0.2) is 29.9 Å². The van der Waals surface area contributed by atoms with Crippen LogP contribution in [0.5, 0.6) is 0 Å². The van der Waals surface area contributed by atoms with Crippen molar-refractivity contribution in [1.82, 2.24) is 15.6 Å². The largest absolute Gasteiger partial charge is 0.384 e. The summed E-state index contributed by atoms with van der Waals surface area (Å²) in [6.45, 7) is 7.59. The standard InChI is InChI=1S/C14H22N4O2/c1-8(12(19)16-5)17-13(20)9-6-10(14(2,3)4)18-11(15)7-9/h6-8H,1-5H3,(H2,15,18)(H,16,19)(H,17,20). The average Bonchev–Trinajstić information content (AvgIpc) is 2.35. The number of nitrogens with zero attached hydrogens (tertiary/aromatic N) is 1. The Morgan fingerprint density at radius 3 is 2.40 bits per heavy atom. The summed E-state index contributed by atoms with van der Waals surface area (Å²) in [6, 6.07) is 2.59. The highest BCUT2D eigenvalue weighted by atomic mass is 16.2. The van der Waals surface area contributed by atoms with Gasteiger partial charge in [-0.3, -0.25) is 9.59 Å². The Balaban J connectivity index is 2.99. The first-order valence-corrected chi connectivity index (χ1v) is 6.45. The van der Waals surface area contributed by atoms with E-state index in [0.29, 0.717) is 5.56 Å². The molecule has 0 aliphatic rings. The quantitative estimate of drug-likeness (QED) is 0.762. The molecular weight excluding hydrogens is 256 g/mol. The Morgan fingerprint density at radius 2 is 1.90 bits per heavy atom. The van der Waals surface area contributed by atoms with Gasteiger partial charge in [0.05, 0.1) is 0 Å². The molecule has 1 heterocycles. The Morgan fingerprint density at radius 1 is 1.30 bits per heavy atom. The number of anilines is 1. The van der Waals surface area contributed by atoms with Crippen LogP contribution >= 0.6 is 0 Å². The fourth-order valence-corrected chi connectivity index (χ4v) is 1.63. The van der Waals surface area contributed by atoms with Crippen LogP contribution in [0.15, 0.2) is 12.1 Å². The number of nitrogens with two attached hydrogens (primary N) is 1. The second kappa shape index (κ2) is 5.90. The van der Waals surface area contributed by atoms with Crippen molar-refractivity contribution in [3.05, 3.63) is 23.4 Å². The number of carbonyl (C=O) groups excluding carboxylic acids is 2. The first-order valence-electron chi connectivity index (χ1n) is 6.45. The van der Waals surface area contributed by atoms with Crippen molar-refractivity contribution in [2.75, 3.05) is 12.8 Å². The first kappa shape index (κ1) is 15.9. The molecule has 20 heavy (non-hydrogen) atoms. The van der Waals surface area contributed by atoms with Crippen LogP contribution in [0.3, 0.4) is 0 Å². The fraction of sp³-hybridized carbons (Fsp3) is 0.500. The van der Waals surface area contributed by atoms with Crippen molar-refractivity contribution < 1.29 is 9.59 Å². The molecule has 0 aliphatic carbocycles. The van der Waals surface area contributed by atoms with Gasteiger partial charge in [0.15, 0.2) is 0 Å². The third-order valence-electron chi connectivity index (χ3n) is 2.86. The van der Waals surface area contributed by atoms with E-state index in [9.17, 15) is 9.59 Å². The van der Waals surface area contributed by atoms with E-state index in [1.807, 2.05) is 20.8 Å². The van der Waals surface area contributed by atoms with Crippen LogP contribution in [-0.2, 0) is 10.2 Å². The Bertz CT molecular complexity index is 520. The average molecular weight is 278 g/mol. The molecule has 0 fully saturated rings. The zero-order valence-corrected chi connectivity index (χ0v) is 12.6. The van der Waals surface area contributed by atoms with E-state index >= 15 is 0 Å². The van der Waals surface area contributed by atoms with Crippen molar-refractivity contribution in [1.29, 1.82) is 0 Å². The molecule has 1 aromatic rings. The first-order chi connectivity index (χ1) is 9.15. The number of pyridine rings is 1. The summed E-state index contributed by atoms with van der Waals surface area (Å²) in [5.41, 5.74) is 6.66. The zero-order valence-electron chi connectivity index (χ0n) is 12.6. The van der Waals surface area contributed by atoms with Gasteiger partial charge in [-0.15, -0.1) is 0 Å². The summed E-state index contributed by atoms with van der Waals surface area (Å²) >= 11 is 0. The van der Waals surface area contributed by atoms with Crippen molar-refractivity contribution in [3.8, 4) is 0 Å². The minimum atomic E-state index is -0.611. The third kappa shape index (κ3) is 3.94. The number of likely N-dealkylation sites (N-methyl/N-ethyl adjacent to an activating group) is 1. The number of nitrogens with one attached hydrogen (secondary N) is 2. The molecule has 1 unspecified atom stereocenters. The number of hydrogen-bond acceptors (Lipinski definition) is 4. The smallest absolute Gasteiger partial charge is 0.252 e. The number of rotatable bonds is 3. The molecule has 110 valence electrons. The van der Waals surface area contributed by atoms with Crippen LogP contribution in [0.1, 0.15) is 43.7 Å². The predicted molar refractivity (Wildman–Crippen MR) is 78.3 cm³/mol. The molecule has 1 aromatic heterocycles. The summed E-state index contributed by atoms with van der Waals surface area (Å²) in [6.07, 6.45) is 0. The highest BCUT2D eigenvalue weighted by Crippen LogP contribution is 2.22. The summed E-state index contributed by atoms with van der Waals surface area (Å²) in [5.74, 6) is -0.313. The highest BCUT2D eigenvalue weighted by molar-refractivity contribution is 5.98. The number of amides is 2. The normalized spacial score (nSPS) is 12.7. The van der Waals surface area contributed by atoms with E-state index in [1.54, 1.807) is 13.0 Å². The molecule has 0 spiro atoms. The van der Waals surface area contributed by atoms with Gasteiger partial charge in [0.25, 0.3) is 5.91 Å². The maximum Gasteiger partial charge on any atom is 0.252 e. The lowest BCUT2D eigenvalue weighted by Gasteiger charge is -2.19. The van der Waals surface area contributed by atoms with E-state index in [1.165, 1.54) is 13.1 Å². The number of nitrogen functional groups attached to an aromatic ring is 1. The monoisotopic (exact) mass is 278 g/mol. The summed E-state index contributed by atoms with van der Waals surface area (Å²) < 4.78 is 0. The van der Waals surface area contributed by atoms with E-state index in [2.05, 4.69) is 15.6 Å². The molecule has 0 bridgehead atoms. The van der Waals surface area contributed by atoms with Gasteiger partial charge >= 0.3 is 0 Å². The summed E-state index contributed by atoms with van der Waals surface area (Å²) in [4.78, 5) is 27.8. The lowest BCUT2D eigenvalue weighted by Crippen LogP contribution is -2.43. The second-order valence-electron chi connectivity index (χ2n) is 5.73. The van der Waals surface area contributed by atoms with Crippen LogP contribution in [0, 0.1) is 0 Å². The van der Waals surface area contributed by atoms with Crippen molar-refractivity contribution in [2.24, 2.45) is 0 Å². The predicted octanol–water partition coefficient (Wildman–Crippen LogP) is 0.826. The van der Waals surface area contributed by atoms with E-state index in [-0.39, 0.29) is 23.0 Å². The van der Waals surface area contributed by atoms with E-state index < -0.39 is 6.04 Å². The molecule has 0 aromatic carbocycles. The van der Waals surface area contributed by atoms with E-state index in [4.69, 9.17) is 5.73 Å². The molecule has 6 heteroatoms. The zero-order chi connectivity index (χ0) is 15.5. The Kier molecular flexibility index (Phi) is 4.70. The third-order valence-corrected chi connectivity index (χ3v) is 2.86. The molecule has 0 aliphatic heterocycles. The van der Waals surface area contributed by atoms with Gasteiger partial charge in [-0.05, 0) is 19.1 Å². The minimum absolute atomic E-state index is 0.211. The van der Waals surface area contributed by atoms with Crippen molar-refractivity contribution >= 4 is 17.6 Å². The molecule has 0 radical (unpaired) electrons. The number of aromatic nitrogens is 1. The van der Waals surface area contributed by atoms with E-state index in [0.717, 1.165) is 5.69 Å². The van der Waals surface area contributed by atoms with Gasteiger partial charge in [-0.2, -0.15) is 0 Å². The maximum absolute atomic E-state index is 12.1. The van der Waals surface area contributed by atoms with Gasteiger partial charge in [-0.25, -0.2) is 4.98 Å². The molecule has 0 saturated heterocycles.